The van der Waals surface area contributed by atoms with Crippen LogP contribution in [0.4, 0.5) is 18.9 Å². The molecule has 98 valence electrons. The zero-order valence-electron chi connectivity index (χ0n) is 9.38. The number of halogens is 4. The zero-order valence-corrected chi connectivity index (χ0v) is 11.5. The van der Waals surface area contributed by atoms with Crippen LogP contribution in [0.25, 0.3) is 0 Å². The first-order valence-electron chi connectivity index (χ1n) is 5.19. The van der Waals surface area contributed by atoms with Crippen LogP contribution in [0.1, 0.15) is 10.4 Å². The molecule has 6 heteroatoms. The fourth-order valence-electron chi connectivity index (χ4n) is 1.47. The molecule has 2 nitrogen and oxygen atoms in total. The monoisotopic (exact) mass is 377 g/mol. The van der Waals surface area contributed by atoms with Gasteiger partial charge in [0.15, 0.2) is 17.5 Å². The average molecular weight is 377 g/mol. The smallest absolute Gasteiger partial charge is 0.258 e. The standard InChI is InChI=1S/C13H7F3INO/c14-10-5-4-9(11(15)12(10)16)13(19)18-8-3-1-2-7(17)6-8/h1-6H,(H,18,19). The van der Waals surface area contributed by atoms with Crippen molar-refractivity contribution in [2.75, 3.05) is 5.32 Å². The molecule has 0 saturated carbocycles. The lowest BCUT2D eigenvalue weighted by atomic mass is 10.1. The van der Waals surface area contributed by atoms with Crippen molar-refractivity contribution in [3.63, 3.8) is 0 Å². The van der Waals surface area contributed by atoms with Crippen LogP contribution in [-0.4, -0.2) is 5.91 Å². The summed E-state index contributed by atoms with van der Waals surface area (Å²) in [5, 5.41) is 2.41. The van der Waals surface area contributed by atoms with Gasteiger partial charge in [-0.1, -0.05) is 6.07 Å². The van der Waals surface area contributed by atoms with Crippen LogP contribution in [0.3, 0.4) is 0 Å². The molecule has 0 atom stereocenters. The molecule has 0 aliphatic rings. The van der Waals surface area contributed by atoms with Crippen LogP contribution in [0.2, 0.25) is 0 Å². The van der Waals surface area contributed by atoms with E-state index in [0.717, 1.165) is 9.64 Å². The third-order valence-electron chi connectivity index (χ3n) is 2.36. The number of nitrogens with one attached hydrogen (secondary N) is 1. The van der Waals surface area contributed by atoms with Crippen molar-refractivity contribution in [3.8, 4) is 0 Å². The topological polar surface area (TPSA) is 29.1 Å². The molecule has 0 radical (unpaired) electrons. The minimum Gasteiger partial charge on any atom is -0.322 e. The highest BCUT2D eigenvalue weighted by Crippen LogP contribution is 2.18. The summed E-state index contributed by atoms with van der Waals surface area (Å²) in [6, 6.07) is 8.40. The molecule has 0 saturated heterocycles. The molecule has 2 aromatic carbocycles. The van der Waals surface area contributed by atoms with Crippen molar-refractivity contribution in [2.45, 2.75) is 0 Å². The van der Waals surface area contributed by atoms with Gasteiger partial charge in [-0.15, -0.1) is 0 Å². The highest BCUT2D eigenvalue weighted by Gasteiger charge is 2.18. The van der Waals surface area contributed by atoms with Crippen molar-refractivity contribution in [1.29, 1.82) is 0 Å². The van der Waals surface area contributed by atoms with E-state index in [4.69, 9.17) is 0 Å². The van der Waals surface area contributed by atoms with Crippen molar-refractivity contribution in [2.24, 2.45) is 0 Å². The van der Waals surface area contributed by atoms with Gasteiger partial charge in [-0.3, -0.25) is 4.79 Å². The molecular weight excluding hydrogens is 370 g/mol. The van der Waals surface area contributed by atoms with Gasteiger partial charge in [-0.2, -0.15) is 0 Å². The Balaban J connectivity index is 2.28. The SMILES string of the molecule is O=C(Nc1cccc(I)c1)c1ccc(F)c(F)c1F. The molecule has 19 heavy (non-hydrogen) atoms. The maximum atomic E-state index is 13.4. The zero-order chi connectivity index (χ0) is 14.0. The maximum Gasteiger partial charge on any atom is 0.258 e. The number of hydrogen-bond donors (Lipinski definition) is 1. The predicted molar refractivity (Wildman–Crippen MR) is 73.4 cm³/mol. The molecule has 0 heterocycles. The Labute approximate surface area is 120 Å². The summed E-state index contributed by atoms with van der Waals surface area (Å²) in [6.07, 6.45) is 0. The summed E-state index contributed by atoms with van der Waals surface area (Å²) in [4.78, 5) is 11.8. The molecule has 0 aliphatic heterocycles. The van der Waals surface area contributed by atoms with E-state index in [1.54, 1.807) is 18.2 Å². The van der Waals surface area contributed by atoms with E-state index in [0.29, 0.717) is 11.8 Å². The summed E-state index contributed by atoms with van der Waals surface area (Å²) in [5.41, 5.74) is -0.0983. The fourth-order valence-corrected chi connectivity index (χ4v) is 2.01. The van der Waals surface area contributed by atoms with E-state index in [1.165, 1.54) is 0 Å². The van der Waals surface area contributed by atoms with Crippen LogP contribution in [0.5, 0.6) is 0 Å². The maximum absolute atomic E-state index is 13.4. The Morgan fingerprint density at radius 2 is 1.79 bits per heavy atom. The van der Waals surface area contributed by atoms with Gasteiger partial charge in [-0.05, 0) is 52.9 Å². The first-order chi connectivity index (χ1) is 8.99. The molecule has 0 unspecified atom stereocenters. The Hall–Kier alpha value is -1.57. The van der Waals surface area contributed by atoms with Gasteiger partial charge in [0.25, 0.3) is 5.91 Å². The van der Waals surface area contributed by atoms with Crippen molar-refractivity contribution < 1.29 is 18.0 Å². The van der Waals surface area contributed by atoms with Crippen molar-refractivity contribution >= 4 is 34.2 Å². The normalized spacial score (nSPS) is 10.3. The summed E-state index contributed by atoms with van der Waals surface area (Å²) in [6.45, 7) is 0. The molecule has 2 aromatic rings. The van der Waals surface area contributed by atoms with Crippen molar-refractivity contribution in [3.05, 3.63) is 63.0 Å². The molecule has 1 N–H and O–H groups in total. The fraction of sp³-hybridized carbons (Fsp3) is 0. The lowest BCUT2D eigenvalue weighted by Crippen LogP contribution is -2.15. The Morgan fingerprint density at radius 1 is 1.05 bits per heavy atom. The van der Waals surface area contributed by atoms with E-state index in [-0.39, 0.29) is 0 Å². The van der Waals surface area contributed by atoms with Crippen LogP contribution >= 0.6 is 22.6 Å². The summed E-state index contributed by atoms with van der Waals surface area (Å²) in [7, 11) is 0. The second kappa shape index (κ2) is 5.60. The van der Waals surface area contributed by atoms with Crippen molar-refractivity contribution in [1.82, 2.24) is 0 Å². The molecule has 0 fully saturated rings. The van der Waals surface area contributed by atoms with Gasteiger partial charge in [-0.25, -0.2) is 13.2 Å². The minimum atomic E-state index is -1.66. The number of benzene rings is 2. The number of amides is 1. The first-order valence-corrected chi connectivity index (χ1v) is 6.27. The molecule has 0 spiro atoms. The van der Waals surface area contributed by atoms with E-state index >= 15 is 0 Å². The second-order valence-electron chi connectivity index (χ2n) is 3.69. The minimum absolute atomic E-state index is 0.445. The predicted octanol–water partition coefficient (Wildman–Crippen LogP) is 3.96. The van der Waals surface area contributed by atoms with Crippen LogP contribution in [0, 0.1) is 21.0 Å². The van der Waals surface area contributed by atoms with Gasteiger partial charge in [0.1, 0.15) is 0 Å². The Kier molecular flexibility index (Phi) is 4.08. The van der Waals surface area contributed by atoms with E-state index in [9.17, 15) is 18.0 Å². The first kappa shape index (κ1) is 13.9. The van der Waals surface area contributed by atoms with Crippen LogP contribution in [0.15, 0.2) is 36.4 Å². The molecule has 0 aliphatic carbocycles. The van der Waals surface area contributed by atoms with E-state index < -0.39 is 28.9 Å². The van der Waals surface area contributed by atoms with Gasteiger partial charge in [0, 0.05) is 9.26 Å². The highest BCUT2D eigenvalue weighted by molar-refractivity contribution is 14.1. The van der Waals surface area contributed by atoms with E-state index in [1.807, 2.05) is 28.7 Å². The quantitative estimate of drug-likeness (QED) is 0.623. The Morgan fingerprint density at radius 3 is 2.47 bits per heavy atom. The lowest BCUT2D eigenvalue weighted by Gasteiger charge is -2.07. The number of carbonyl (C=O) groups is 1. The van der Waals surface area contributed by atoms with Crippen LogP contribution in [-0.2, 0) is 0 Å². The summed E-state index contributed by atoms with van der Waals surface area (Å²) < 4.78 is 40.1. The lowest BCUT2D eigenvalue weighted by molar-refractivity contribution is 0.102. The number of hydrogen-bond acceptors (Lipinski definition) is 1. The summed E-state index contributed by atoms with van der Waals surface area (Å²) in [5.74, 6) is -5.32. The highest BCUT2D eigenvalue weighted by atomic mass is 127. The third kappa shape index (κ3) is 3.06. The number of carbonyl (C=O) groups excluding carboxylic acids is 1. The average Bonchev–Trinajstić information content (AvgIpc) is 2.36. The number of rotatable bonds is 2. The molecular formula is C13H7F3INO. The largest absolute Gasteiger partial charge is 0.322 e. The summed E-state index contributed by atoms with van der Waals surface area (Å²) >= 11 is 2.05. The second-order valence-corrected chi connectivity index (χ2v) is 4.93. The number of anilines is 1. The third-order valence-corrected chi connectivity index (χ3v) is 3.03. The molecule has 1 amide bonds. The van der Waals surface area contributed by atoms with E-state index in [2.05, 4.69) is 5.32 Å². The van der Waals surface area contributed by atoms with Gasteiger partial charge in [0.2, 0.25) is 0 Å². The van der Waals surface area contributed by atoms with Crippen LogP contribution < -0.4 is 5.32 Å². The Bertz CT molecular complexity index is 646. The molecule has 0 aromatic heterocycles. The van der Waals surface area contributed by atoms with Gasteiger partial charge >= 0.3 is 0 Å². The van der Waals surface area contributed by atoms with Gasteiger partial charge in [0.05, 0.1) is 5.56 Å². The molecule has 0 bridgehead atoms. The van der Waals surface area contributed by atoms with Gasteiger partial charge < -0.3 is 5.32 Å². The molecule has 2 rings (SSSR count).